The number of hydrogen-bond donors (Lipinski definition) is 1. The molecule has 1 amide bonds. The van der Waals surface area contributed by atoms with Crippen LogP contribution < -0.4 is 5.56 Å². The topological polar surface area (TPSA) is 84.5 Å². The summed E-state index contributed by atoms with van der Waals surface area (Å²) in [5, 5.41) is 9.91. The van der Waals surface area contributed by atoms with Crippen molar-refractivity contribution in [2.24, 2.45) is 5.92 Å². The number of carboxylic acid groups (broad SMARTS) is 1. The number of benzene rings is 2. The number of aromatic carboxylic acids is 1. The molecular formula is C24H29N3O4. The zero-order chi connectivity index (χ0) is 22.9. The number of carbonyl (C=O) groups is 2. The molecule has 0 saturated heterocycles. The van der Waals surface area contributed by atoms with E-state index in [1.807, 2.05) is 58.9 Å². The predicted octanol–water partition coefficient (Wildman–Crippen LogP) is 4.34. The molecule has 1 N–H and O–H groups in total. The lowest BCUT2D eigenvalue weighted by atomic mass is 10.1. The van der Waals surface area contributed by atoms with Crippen LogP contribution in [0.25, 0.3) is 10.9 Å². The average Bonchev–Trinajstić information content (AvgIpc) is 2.98. The van der Waals surface area contributed by atoms with Crippen molar-refractivity contribution in [1.29, 1.82) is 0 Å². The first kappa shape index (κ1) is 22.3. The van der Waals surface area contributed by atoms with Crippen LogP contribution in [-0.2, 0) is 13.1 Å². The Balaban J connectivity index is 2.22. The van der Waals surface area contributed by atoms with E-state index in [0.29, 0.717) is 13.1 Å². The van der Waals surface area contributed by atoms with Crippen LogP contribution in [0.5, 0.6) is 0 Å². The average molecular weight is 424 g/mol. The molecule has 0 fully saturated rings. The molecule has 0 spiro atoms. The van der Waals surface area contributed by atoms with Crippen molar-refractivity contribution in [3.8, 4) is 0 Å². The number of nitrogens with zero attached hydrogens (tertiary/aromatic N) is 3. The van der Waals surface area contributed by atoms with Crippen LogP contribution in [0.3, 0.4) is 0 Å². The van der Waals surface area contributed by atoms with Gasteiger partial charge in [0.2, 0.25) is 0 Å². The molecule has 31 heavy (non-hydrogen) atoms. The molecule has 2 aromatic carbocycles. The van der Waals surface area contributed by atoms with Crippen molar-refractivity contribution in [3.05, 3.63) is 69.5 Å². The second kappa shape index (κ2) is 8.79. The number of amides is 1. The summed E-state index contributed by atoms with van der Waals surface area (Å²) in [5.41, 5.74) is 1.84. The molecule has 1 heterocycles. The van der Waals surface area contributed by atoms with Crippen LogP contribution in [-0.4, -0.2) is 37.4 Å². The van der Waals surface area contributed by atoms with E-state index in [2.05, 4.69) is 0 Å². The van der Waals surface area contributed by atoms with Crippen LogP contribution >= 0.6 is 0 Å². The third-order valence-corrected chi connectivity index (χ3v) is 5.38. The van der Waals surface area contributed by atoms with E-state index in [1.54, 1.807) is 11.0 Å². The zero-order valence-electron chi connectivity index (χ0n) is 18.6. The highest BCUT2D eigenvalue weighted by atomic mass is 16.4. The fourth-order valence-corrected chi connectivity index (χ4v) is 3.76. The first-order valence-electron chi connectivity index (χ1n) is 10.5. The quantitative estimate of drug-likeness (QED) is 0.639. The van der Waals surface area contributed by atoms with Gasteiger partial charge in [-0.3, -0.25) is 9.48 Å². The largest absolute Gasteiger partial charge is 0.478 e. The summed E-state index contributed by atoms with van der Waals surface area (Å²) < 4.78 is 2.64. The molecule has 0 aliphatic carbocycles. The monoisotopic (exact) mass is 423 g/mol. The number of carboxylic acids is 1. The van der Waals surface area contributed by atoms with Gasteiger partial charge in [0.25, 0.3) is 5.56 Å². The minimum atomic E-state index is -1.13. The fraction of sp³-hybridized carbons (Fsp3) is 0.375. The Morgan fingerprint density at radius 1 is 1.03 bits per heavy atom. The maximum atomic E-state index is 13.7. The SMILES string of the molecule is Cc1ccccc1CN(C(=O)n1c(=O)c2cccc(C(=O)O)c2n1CC(C)C)C(C)C. The van der Waals surface area contributed by atoms with E-state index in [-0.39, 0.29) is 28.4 Å². The van der Waals surface area contributed by atoms with E-state index in [9.17, 15) is 19.5 Å². The first-order valence-corrected chi connectivity index (χ1v) is 10.5. The van der Waals surface area contributed by atoms with E-state index in [1.165, 1.54) is 16.8 Å². The smallest absolute Gasteiger partial charge is 0.346 e. The van der Waals surface area contributed by atoms with Gasteiger partial charge in [0.05, 0.1) is 16.5 Å². The van der Waals surface area contributed by atoms with Crippen molar-refractivity contribution < 1.29 is 14.7 Å². The van der Waals surface area contributed by atoms with Gasteiger partial charge in [0, 0.05) is 19.1 Å². The minimum absolute atomic E-state index is 0.0109. The second-order valence-electron chi connectivity index (χ2n) is 8.53. The van der Waals surface area contributed by atoms with Gasteiger partial charge in [-0.15, -0.1) is 0 Å². The van der Waals surface area contributed by atoms with Crippen molar-refractivity contribution in [2.75, 3.05) is 0 Å². The van der Waals surface area contributed by atoms with E-state index < -0.39 is 17.6 Å². The molecule has 0 bridgehead atoms. The summed E-state index contributed by atoms with van der Waals surface area (Å²) in [6.07, 6.45) is 0. The van der Waals surface area contributed by atoms with Gasteiger partial charge in [-0.05, 0) is 49.9 Å². The Labute approximate surface area is 181 Å². The summed E-state index contributed by atoms with van der Waals surface area (Å²) in [6, 6.07) is 11.8. The number of aromatic nitrogens is 2. The van der Waals surface area contributed by atoms with Gasteiger partial charge in [-0.1, -0.05) is 44.2 Å². The number of carbonyl (C=O) groups excluding carboxylic acids is 1. The lowest BCUT2D eigenvalue weighted by molar-refractivity contribution is 0.0698. The predicted molar refractivity (Wildman–Crippen MR) is 121 cm³/mol. The fourth-order valence-electron chi connectivity index (χ4n) is 3.76. The molecule has 0 atom stereocenters. The molecule has 7 heteroatoms. The van der Waals surface area contributed by atoms with Crippen LogP contribution in [0, 0.1) is 12.8 Å². The van der Waals surface area contributed by atoms with Crippen LogP contribution in [0.2, 0.25) is 0 Å². The normalized spacial score (nSPS) is 11.5. The molecule has 0 aliphatic heterocycles. The Morgan fingerprint density at radius 2 is 1.71 bits per heavy atom. The summed E-state index contributed by atoms with van der Waals surface area (Å²) in [4.78, 5) is 40.5. The highest BCUT2D eigenvalue weighted by Gasteiger charge is 2.28. The van der Waals surface area contributed by atoms with E-state index in [0.717, 1.165) is 15.8 Å². The molecule has 7 nitrogen and oxygen atoms in total. The van der Waals surface area contributed by atoms with Gasteiger partial charge in [-0.2, -0.15) is 4.68 Å². The van der Waals surface area contributed by atoms with Gasteiger partial charge in [-0.25, -0.2) is 9.59 Å². The number of para-hydroxylation sites is 1. The summed E-state index contributed by atoms with van der Waals surface area (Å²) >= 11 is 0. The molecule has 0 unspecified atom stereocenters. The third kappa shape index (κ3) is 4.26. The lowest BCUT2D eigenvalue weighted by Crippen LogP contribution is -2.45. The summed E-state index contributed by atoms with van der Waals surface area (Å²) in [5.74, 6) is -1.03. The molecule has 1 aromatic heterocycles. The highest BCUT2D eigenvalue weighted by molar-refractivity contribution is 6.02. The van der Waals surface area contributed by atoms with E-state index >= 15 is 0 Å². The van der Waals surface area contributed by atoms with Gasteiger partial charge >= 0.3 is 12.0 Å². The van der Waals surface area contributed by atoms with Gasteiger partial charge in [0.1, 0.15) is 0 Å². The standard InChI is InChI=1S/C24H29N3O4/c1-15(2)13-26-21-19(11-8-12-20(21)23(29)30)22(28)27(26)24(31)25(16(3)4)14-18-10-7-6-9-17(18)5/h6-12,15-16H,13-14H2,1-5H3,(H,29,30). The number of rotatable bonds is 6. The Bertz CT molecular complexity index is 1190. The zero-order valence-corrected chi connectivity index (χ0v) is 18.6. The van der Waals surface area contributed by atoms with Crippen molar-refractivity contribution in [1.82, 2.24) is 14.3 Å². The number of fused-ring (bicyclic) bond motifs is 1. The van der Waals surface area contributed by atoms with Crippen LogP contribution in [0.4, 0.5) is 4.79 Å². The molecule has 3 aromatic rings. The number of aryl methyl sites for hydroxylation is 1. The molecule has 0 aliphatic rings. The second-order valence-corrected chi connectivity index (χ2v) is 8.53. The van der Waals surface area contributed by atoms with Crippen molar-refractivity contribution in [2.45, 2.75) is 53.8 Å². The molecular weight excluding hydrogens is 394 g/mol. The highest BCUT2D eigenvalue weighted by Crippen LogP contribution is 2.21. The molecule has 0 radical (unpaired) electrons. The number of hydrogen-bond acceptors (Lipinski definition) is 3. The maximum Gasteiger partial charge on any atom is 0.346 e. The lowest BCUT2D eigenvalue weighted by Gasteiger charge is -2.28. The summed E-state index contributed by atoms with van der Waals surface area (Å²) in [6.45, 7) is 10.4. The Hall–Kier alpha value is -3.35. The third-order valence-electron chi connectivity index (χ3n) is 5.38. The van der Waals surface area contributed by atoms with Crippen molar-refractivity contribution >= 4 is 22.9 Å². The minimum Gasteiger partial charge on any atom is -0.478 e. The van der Waals surface area contributed by atoms with Crippen LogP contribution in [0.15, 0.2) is 47.3 Å². The molecule has 164 valence electrons. The molecule has 3 rings (SSSR count). The first-order chi connectivity index (χ1) is 14.6. The van der Waals surface area contributed by atoms with E-state index in [4.69, 9.17) is 0 Å². The summed E-state index contributed by atoms with van der Waals surface area (Å²) in [7, 11) is 0. The molecule has 0 saturated carbocycles. The van der Waals surface area contributed by atoms with Gasteiger partial charge in [0.15, 0.2) is 0 Å². The maximum absolute atomic E-state index is 13.7. The van der Waals surface area contributed by atoms with Crippen molar-refractivity contribution in [3.63, 3.8) is 0 Å². The Morgan fingerprint density at radius 3 is 2.29 bits per heavy atom. The van der Waals surface area contributed by atoms with Crippen LogP contribution in [0.1, 0.15) is 49.2 Å². The Kier molecular flexibility index (Phi) is 6.34. The van der Waals surface area contributed by atoms with Gasteiger partial charge < -0.3 is 10.0 Å².